The lowest BCUT2D eigenvalue weighted by molar-refractivity contribution is -0.136. The number of carboxylic acid groups (broad SMARTS) is 1. The highest BCUT2D eigenvalue weighted by Crippen LogP contribution is 2.14. The highest BCUT2D eigenvalue weighted by atomic mass is 16.4. The van der Waals surface area contributed by atoms with Crippen LogP contribution in [0.25, 0.3) is 0 Å². The van der Waals surface area contributed by atoms with E-state index in [1.165, 1.54) is 4.90 Å². The van der Waals surface area contributed by atoms with E-state index in [4.69, 9.17) is 5.11 Å². The Morgan fingerprint density at radius 3 is 2.47 bits per heavy atom. The molecule has 0 heterocycles. The Morgan fingerprint density at radius 1 is 1.32 bits per heavy atom. The molecular weight excluding hydrogens is 244 g/mol. The van der Waals surface area contributed by atoms with Crippen LogP contribution in [0.2, 0.25) is 0 Å². The summed E-state index contributed by atoms with van der Waals surface area (Å²) < 4.78 is 0. The standard InChI is InChI=1S/C14H20N2O3/c1-3-11(2)15-14(19)16(10-9-13(17)18)12-7-5-4-6-8-12/h4-8,11H,3,9-10H2,1-2H3,(H,15,19)(H,17,18). The molecule has 1 rings (SSSR count). The zero-order valence-corrected chi connectivity index (χ0v) is 11.3. The van der Waals surface area contributed by atoms with Gasteiger partial charge < -0.3 is 10.4 Å². The van der Waals surface area contributed by atoms with Gasteiger partial charge >= 0.3 is 12.0 Å². The number of para-hydroxylation sites is 1. The van der Waals surface area contributed by atoms with E-state index in [0.29, 0.717) is 5.69 Å². The van der Waals surface area contributed by atoms with Gasteiger partial charge in [0.2, 0.25) is 0 Å². The van der Waals surface area contributed by atoms with Crippen molar-refractivity contribution in [2.24, 2.45) is 0 Å². The minimum atomic E-state index is -0.919. The molecule has 0 bridgehead atoms. The normalized spacial score (nSPS) is 11.7. The van der Waals surface area contributed by atoms with Gasteiger partial charge in [-0.25, -0.2) is 4.79 Å². The fraction of sp³-hybridized carbons (Fsp3) is 0.429. The van der Waals surface area contributed by atoms with E-state index < -0.39 is 5.97 Å². The van der Waals surface area contributed by atoms with Crippen molar-refractivity contribution >= 4 is 17.7 Å². The summed E-state index contributed by atoms with van der Waals surface area (Å²) in [5.41, 5.74) is 0.699. The summed E-state index contributed by atoms with van der Waals surface area (Å²) in [6.07, 6.45) is 0.746. The first-order valence-corrected chi connectivity index (χ1v) is 6.39. The fourth-order valence-corrected chi connectivity index (χ4v) is 1.55. The summed E-state index contributed by atoms with van der Waals surface area (Å²) in [6.45, 7) is 4.05. The van der Waals surface area contributed by atoms with Gasteiger partial charge in [-0.05, 0) is 25.5 Å². The lowest BCUT2D eigenvalue weighted by Crippen LogP contribution is -2.44. The number of nitrogens with one attached hydrogen (secondary N) is 1. The van der Waals surface area contributed by atoms with Crippen molar-refractivity contribution in [3.63, 3.8) is 0 Å². The second-order valence-corrected chi connectivity index (χ2v) is 4.39. The van der Waals surface area contributed by atoms with E-state index in [1.54, 1.807) is 12.1 Å². The summed E-state index contributed by atoms with van der Waals surface area (Å²) >= 11 is 0. The maximum Gasteiger partial charge on any atom is 0.322 e. The molecule has 0 saturated heterocycles. The molecule has 5 nitrogen and oxygen atoms in total. The average molecular weight is 264 g/mol. The Bertz CT molecular complexity index is 420. The first-order valence-electron chi connectivity index (χ1n) is 6.39. The lowest BCUT2D eigenvalue weighted by atomic mass is 10.2. The zero-order valence-electron chi connectivity index (χ0n) is 11.3. The van der Waals surface area contributed by atoms with Crippen LogP contribution in [0.4, 0.5) is 10.5 Å². The predicted octanol–water partition coefficient (Wildman–Crippen LogP) is 2.48. The number of nitrogens with zero attached hydrogens (tertiary/aromatic N) is 1. The smallest absolute Gasteiger partial charge is 0.322 e. The number of carbonyl (C=O) groups is 2. The Labute approximate surface area is 113 Å². The van der Waals surface area contributed by atoms with Crippen molar-refractivity contribution in [3.05, 3.63) is 30.3 Å². The molecule has 1 unspecified atom stereocenters. The van der Waals surface area contributed by atoms with Crippen LogP contribution < -0.4 is 10.2 Å². The van der Waals surface area contributed by atoms with Crippen LogP contribution in [0.1, 0.15) is 26.7 Å². The first-order chi connectivity index (χ1) is 9.04. The number of rotatable bonds is 6. The van der Waals surface area contributed by atoms with Crippen LogP contribution in [0.3, 0.4) is 0 Å². The number of hydrogen-bond acceptors (Lipinski definition) is 2. The number of aliphatic carboxylic acids is 1. The summed E-state index contributed by atoms with van der Waals surface area (Å²) in [4.78, 5) is 24.3. The molecule has 0 aromatic heterocycles. The molecule has 2 amide bonds. The van der Waals surface area contributed by atoms with Gasteiger partial charge in [0.05, 0.1) is 6.42 Å². The molecule has 0 saturated carbocycles. The van der Waals surface area contributed by atoms with Crippen molar-refractivity contribution in [3.8, 4) is 0 Å². The number of anilines is 1. The largest absolute Gasteiger partial charge is 0.481 e. The van der Waals surface area contributed by atoms with Gasteiger partial charge in [-0.2, -0.15) is 0 Å². The summed E-state index contributed by atoms with van der Waals surface area (Å²) in [5.74, 6) is -0.919. The molecule has 19 heavy (non-hydrogen) atoms. The second kappa shape index (κ2) is 7.41. The molecule has 0 spiro atoms. The Morgan fingerprint density at radius 2 is 1.95 bits per heavy atom. The van der Waals surface area contributed by atoms with Gasteiger partial charge in [-0.1, -0.05) is 25.1 Å². The minimum absolute atomic E-state index is 0.0588. The molecule has 0 aliphatic rings. The molecule has 0 aliphatic heterocycles. The van der Waals surface area contributed by atoms with Crippen molar-refractivity contribution < 1.29 is 14.7 Å². The third kappa shape index (κ3) is 4.99. The molecule has 1 aromatic rings. The van der Waals surface area contributed by atoms with Crippen LogP contribution in [-0.4, -0.2) is 29.7 Å². The van der Waals surface area contributed by atoms with Crippen LogP contribution in [0, 0.1) is 0 Å². The van der Waals surface area contributed by atoms with Gasteiger partial charge in [0.15, 0.2) is 0 Å². The molecule has 0 aliphatic carbocycles. The van der Waals surface area contributed by atoms with Gasteiger partial charge in [0.25, 0.3) is 0 Å². The number of carbonyl (C=O) groups excluding carboxylic acids is 1. The molecule has 5 heteroatoms. The molecule has 0 fully saturated rings. The van der Waals surface area contributed by atoms with Crippen LogP contribution >= 0.6 is 0 Å². The number of urea groups is 1. The van der Waals surface area contributed by atoms with E-state index in [1.807, 2.05) is 32.0 Å². The zero-order chi connectivity index (χ0) is 14.3. The predicted molar refractivity (Wildman–Crippen MR) is 74.3 cm³/mol. The SMILES string of the molecule is CCC(C)NC(=O)N(CCC(=O)O)c1ccccc1. The van der Waals surface area contributed by atoms with Crippen LogP contribution in [0.5, 0.6) is 0 Å². The molecule has 104 valence electrons. The molecule has 1 atom stereocenters. The summed E-state index contributed by atoms with van der Waals surface area (Å²) in [5, 5.41) is 11.6. The van der Waals surface area contributed by atoms with E-state index in [-0.39, 0.29) is 25.0 Å². The fourth-order valence-electron chi connectivity index (χ4n) is 1.55. The minimum Gasteiger partial charge on any atom is -0.481 e. The summed E-state index contributed by atoms with van der Waals surface area (Å²) in [6, 6.07) is 8.87. The maximum atomic E-state index is 12.1. The second-order valence-electron chi connectivity index (χ2n) is 4.39. The Kier molecular flexibility index (Phi) is 5.85. The van der Waals surface area contributed by atoms with Crippen LogP contribution in [-0.2, 0) is 4.79 Å². The van der Waals surface area contributed by atoms with E-state index in [2.05, 4.69) is 5.32 Å². The van der Waals surface area contributed by atoms with Gasteiger partial charge in [-0.3, -0.25) is 9.69 Å². The molecule has 0 radical (unpaired) electrons. The quantitative estimate of drug-likeness (QED) is 0.829. The highest BCUT2D eigenvalue weighted by Gasteiger charge is 2.17. The Hall–Kier alpha value is -2.04. The number of benzene rings is 1. The van der Waals surface area contributed by atoms with Crippen molar-refractivity contribution in [2.45, 2.75) is 32.7 Å². The van der Waals surface area contributed by atoms with Gasteiger partial charge in [0, 0.05) is 18.3 Å². The van der Waals surface area contributed by atoms with Crippen molar-refractivity contribution in [2.75, 3.05) is 11.4 Å². The lowest BCUT2D eigenvalue weighted by Gasteiger charge is -2.24. The van der Waals surface area contributed by atoms with Gasteiger partial charge in [0.1, 0.15) is 0 Å². The van der Waals surface area contributed by atoms with E-state index >= 15 is 0 Å². The van der Waals surface area contributed by atoms with Crippen molar-refractivity contribution in [1.29, 1.82) is 0 Å². The van der Waals surface area contributed by atoms with E-state index in [9.17, 15) is 9.59 Å². The number of hydrogen-bond donors (Lipinski definition) is 2. The third-order valence-corrected chi connectivity index (χ3v) is 2.84. The number of amides is 2. The topological polar surface area (TPSA) is 69.6 Å². The summed E-state index contributed by atoms with van der Waals surface area (Å²) in [7, 11) is 0. The highest BCUT2D eigenvalue weighted by molar-refractivity contribution is 5.92. The molecular formula is C14H20N2O3. The number of carboxylic acids is 1. The first kappa shape index (κ1) is 15.0. The monoisotopic (exact) mass is 264 g/mol. The Balaban J connectivity index is 2.80. The van der Waals surface area contributed by atoms with Crippen molar-refractivity contribution in [1.82, 2.24) is 5.32 Å². The maximum absolute atomic E-state index is 12.1. The van der Waals surface area contributed by atoms with Crippen LogP contribution in [0.15, 0.2) is 30.3 Å². The molecule has 1 aromatic carbocycles. The van der Waals surface area contributed by atoms with E-state index in [0.717, 1.165) is 6.42 Å². The average Bonchev–Trinajstić information content (AvgIpc) is 2.39. The van der Waals surface area contributed by atoms with Gasteiger partial charge in [-0.15, -0.1) is 0 Å². The molecule has 2 N–H and O–H groups in total. The third-order valence-electron chi connectivity index (χ3n) is 2.84.